The summed E-state index contributed by atoms with van der Waals surface area (Å²) in [5.41, 5.74) is 5.47. The molecule has 0 unspecified atom stereocenters. The predicted molar refractivity (Wildman–Crippen MR) is 98.6 cm³/mol. The summed E-state index contributed by atoms with van der Waals surface area (Å²) in [6.45, 7) is 2.16. The summed E-state index contributed by atoms with van der Waals surface area (Å²) < 4.78 is 15.2. The van der Waals surface area contributed by atoms with Crippen molar-refractivity contribution in [3.8, 4) is 0 Å². The van der Waals surface area contributed by atoms with E-state index in [2.05, 4.69) is 15.8 Å². The highest BCUT2D eigenvalue weighted by molar-refractivity contribution is 6.31. The summed E-state index contributed by atoms with van der Waals surface area (Å²) in [7, 11) is 0. The average molecular weight is 375 g/mol. The van der Waals surface area contributed by atoms with Crippen LogP contribution in [0.5, 0.6) is 0 Å². The summed E-state index contributed by atoms with van der Waals surface area (Å²) in [6.07, 6.45) is -0.248. The molecule has 0 bridgehead atoms. The van der Waals surface area contributed by atoms with E-state index >= 15 is 0 Å². The van der Waals surface area contributed by atoms with E-state index in [4.69, 9.17) is 11.6 Å². The van der Waals surface area contributed by atoms with Gasteiger partial charge in [-0.05, 0) is 31.2 Å². The Labute approximate surface area is 153 Å². The Hall–Kier alpha value is -2.93. The Morgan fingerprint density at radius 2 is 2.00 bits per heavy atom. The third kappa shape index (κ3) is 3.52. The molecule has 0 fully saturated rings. The zero-order valence-corrected chi connectivity index (χ0v) is 14.7. The van der Waals surface area contributed by atoms with Gasteiger partial charge in [0, 0.05) is 17.1 Å². The number of nitrogens with zero attached hydrogens (tertiary/aromatic N) is 2. The Morgan fingerprint density at radius 1 is 1.23 bits per heavy atom. The summed E-state index contributed by atoms with van der Waals surface area (Å²) >= 11 is 5.93. The lowest BCUT2D eigenvalue weighted by Gasteiger charge is -2.14. The van der Waals surface area contributed by atoms with Gasteiger partial charge in [0.05, 0.1) is 17.3 Å². The Balaban J connectivity index is 1.81. The van der Waals surface area contributed by atoms with E-state index in [1.54, 1.807) is 31.2 Å². The third-order valence-corrected chi connectivity index (χ3v) is 4.24. The van der Waals surface area contributed by atoms with Crippen LogP contribution in [0.1, 0.15) is 12.5 Å². The van der Waals surface area contributed by atoms with Crippen LogP contribution in [-0.4, -0.2) is 15.5 Å². The molecule has 0 saturated carbocycles. The van der Waals surface area contributed by atoms with E-state index < -0.39 is 11.7 Å². The molecular weight excluding hydrogens is 359 g/mol. The van der Waals surface area contributed by atoms with Crippen molar-refractivity contribution in [1.82, 2.24) is 15.0 Å². The van der Waals surface area contributed by atoms with Gasteiger partial charge in [0.15, 0.2) is 0 Å². The standard InChI is InChI=1S/C18H16ClFN4O2/c1-2-24-17(26)11-6-3-4-9-15(11)21-18(24)23-22-16(25)10-12-13(19)7-5-8-14(12)20/h3-9H,2,10H2,1H3,(H,21,23)(H,22,25). The van der Waals surface area contributed by atoms with Gasteiger partial charge in [-0.3, -0.25) is 25.0 Å². The van der Waals surface area contributed by atoms with E-state index in [-0.39, 0.29) is 28.5 Å². The summed E-state index contributed by atoms with van der Waals surface area (Å²) in [5, 5.41) is 0.666. The largest absolute Gasteiger partial charge is 0.277 e. The van der Waals surface area contributed by atoms with Crippen molar-refractivity contribution in [2.75, 3.05) is 5.43 Å². The second-order valence-electron chi connectivity index (χ2n) is 5.55. The molecule has 1 heterocycles. The molecule has 0 aliphatic rings. The fourth-order valence-electron chi connectivity index (χ4n) is 2.59. The molecule has 1 aromatic heterocycles. The van der Waals surface area contributed by atoms with Crippen molar-refractivity contribution in [1.29, 1.82) is 0 Å². The SMILES string of the molecule is CCn1c(NNC(=O)Cc2c(F)cccc2Cl)nc2ccccc2c1=O. The molecule has 26 heavy (non-hydrogen) atoms. The first-order valence-electron chi connectivity index (χ1n) is 7.98. The Kier molecular flexibility index (Phi) is 5.18. The lowest BCUT2D eigenvalue weighted by Crippen LogP contribution is -2.35. The normalized spacial score (nSPS) is 10.7. The van der Waals surface area contributed by atoms with Crippen LogP contribution in [0.2, 0.25) is 5.02 Å². The highest BCUT2D eigenvalue weighted by atomic mass is 35.5. The van der Waals surface area contributed by atoms with Crippen molar-refractivity contribution in [2.24, 2.45) is 0 Å². The monoisotopic (exact) mass is 374 g/mol. The molecule has 134 valence electrons. The number of hydrogen-bond donors (Lipinski definition) is 2. The predicted octanol–water partition coefficient (Wildman–Crippen LogP) is 2.89. The first-order valence-corrected chi connectivity index (χ1v) is 8.36. The summed E-state index contributed by atoms with van der Waals surface area (Å²) in [5.74, 6) is -0.867. The Morgan fingerprint density at radius 3 is 2.73 bits per heavy atom. The number of anilines is 1. The summed E-state index contributed by atoms with van der Waals surface area (Å²) in [6, 6.07) is 11.2. The molecule has 0 aliphatic carbocycles. The molecule has 2 aromatic carbocycles. The van der Waals surface area contributed by atoms with Crippen LogP contribution in [0.15, 0.2) is 47.3 Å². The van der Waals surface area contributed by atoms with E-state index in [0.29, 0.717) is 17.4 Å². The molecule has 1 amide bonds. The smallest absolute Gasteiger partial charge is 0.262 e. The highest BCUT2D eigenvalue weighted by Gasteiger charge is 2.13. The number of nitrogens with one attached hydrogen (secondary N) is 2. The van der Waals surface area contributed by atoms with E-state index in [1.807, 2.05) is 0 Å². The first-order chi connectivity index (χ1) is 12.5. The molecule has 0 aliphatic heterocycles. The molecule has 0 radical (unpaired) electrons. The molecule has 0 spiro atoms. The van der Waals surface area contributed by atoms with Crippen LogP contribution in [-0.2, 0) is 17.8 Å². The molecular formula is C18H16ClFN4O2. The maximum absolute atomic E-state index is 13.8. The molecule has 0 saturated heterocycles. The van der Waals surface area contributed by atoms with E-state index in [1.165, 1.54) is 22.8 Å². The van der Waals surface area contributed by atoms with Gasteiger partial charge in [0.2, 0.25) is 11.9 Å². The molecule has 3 aromatic rings. The van der Waals surface area contributed by atoms with E-state index in [0.717, 1.165) is 0 Å². The van der Waals surface area contributed by atoms with Crippen LogP contribution < -0.4 is 16.4 Å². The van der Waals surface area contributed by atoms with Gasteiger partial charge >= 0.3 is 0 Å². The number of hydrogen-bond acceptors (Lipinski definition) is 4. The molecule has 2 N–H and O–H groups in total. The number of amides is 1. The maximum atomic E-state index is 13.8. The van der Waals surface area contributed by atoms with Crippen molar-refractivity contribution in [2.45, 2.75) is 19.9 Å². The first kappa shape index (κ1) is 17.9. The van der Waals surface area contributed by atoms with Gasteiger partial charge in [-0.25, -0.2) is 9.37 Å². The summed E-state index contributed by atoms with van der Waals surface area (Å²) in [4.78, 5) is 29.0. The van der Waals surface area contributed by atoms with Gasteiger partial charge < -0.3 is 0 Å². The number of hydrazine groups is 1. The number of carbonyl (C=O) groups is 1. The number of carbonyl (C=O) groups excluding carboxylic acids is 1. The number of rotatable bonds is 5. The minimum atomic E-state index is -0.554. The lowest BCUT2D eigenvalue weighted by molar-refractivity contribution is -0.120. The van der Waals surface area contributed by atoms with Crippen LogP contribution in [0.25, 0.3) is 10.9 Å². The maximum Gasteiger partial charge on any atom is 0.262 e. The van der Waals surface area contributed by atoms with Gasteiger partial charge in [-0.2, -0.15) is 0 Å². The number of fused-ring (bicyclic) bond motifs is 1. The topological polar surface area (TPSA) is 76.0 Å². The van der Waals surface area contributed by atoms with Gasteiger partial charge in [-0.1, -0.05) is 29.8 Å². The Bertz CT molecular complexity index is 1020. The van der Waals surface area contributed by atoms with Crippen molar-refractivity contribution < 1.29 is 9.18 Å². The lowest BCUT2D eigenvalue weighted by atomic mass is 10.1. The van der Waals surface area contributed by atoms with Crippen molar-refractivity contribution >= 4 is 34.4 Å². The third-order valence-electron chi connectivity index (χ3n) is 3.89. The average Bonchev–Trinajstić information content (AvgIpc) is 2.63. The molecule has 6 nitrogen and oxygen atoms in total. The van der Waals surface area contributed by atoms with Crippen LogP contribution >= 0.6 is 11.6 Å². The van der Waals surface area contributed by atoms with Gasteiger partial charge in [0.1, 0.15) is 5.82 Å². The second kappa shape index (κ2) is 7.53. The molecule has 0 atom stereocenters. The van der Waals surface area contributed by atoms with Gasteiger partial charge in [-0.15, -0.1) is 0 Å². The minimum Gasteiger partial charge on any atom is -0.277 e. The van der Waals surface area contributed by atoms with Crippen LogP contribution in [0.3, 0.4) is 0 Å². The fourth-order valence-corrected chi connectivity index (χ4v) is 2.82. The van der Waals surface area contributed by atoms with Crippen molar-refractivity contribution in [3.05, 3.63) is 69.2 Å². The second-order valence-corrected chi connectivity index (χ2v) is 5.96. The molecule has 8 heteroatoms. The number of aromatic nitrogens is 2. The number of benzene rings is 2. The fraction of sp³-hybridized carbons (Fsp3) is 0.167. The number of para-hydroxylation sites is 1. The minimum absolute atomic E-state index is 0.104. The quantitative estimate of drug-likeness (QED) is 0.673. The van der Waals surface area contributed by atoms with Crippen LogP contribution in [0, 0.1) is 5.82 Å². The van der Waals surface area contributed by atoms with Gasteiger partial charge in [0.25, 0.3) is 5.56 Å². The zero-order valence-electron chi connectivity index (χ0n) is 13.9. The van der Waals surface area contributed by atoms with Crippen molar-refractivity contribution in [3.63, 3.8) is 0 Å². The number of halogens is 2. The zero-order chi connectivity index (χ0) is 18.7. The van der Waals surface area contributed by atoms with Crippen LogP contribution in [0.4, 0.5) is 10.3 Å². The van der Waals surface area contributed by atoms with E-state index in [9.17, 15) is 14.0 Å². The molecule has 3 rings (SSSR count). The highest BCUT2D eigenvalue weighted by Crippen LogP contribution is 2.19.